The Bertz CT molecular complexity index is 238. The van der Waals surface area contributed by atoms with Crippen LogP contribution in [-0.2, 0) is 11.2 Å². The lowest BCUT2D eigenvalue weighted by molar-refractivity contribution is 0.129. The fourth-order valence-electron chi connectivity index (χ4n) is 1.24. The second-order valence-corrected chi connectivity index (χ2v) is 4.26. The Balaban J connectivity index is 2.58. The van der Waals surface area contributed by atoms with Gasteiger partial charge in [0.2, 0.25) is 0 Å². The van der Waals surface area contributed by atoms with Gasteiger partial charge in [-0.05, 0) is 6.42 Å². The number of nitrogens with zero attached hydrogens (tertiary/aromatic N) is 1. The molecule has 13 heavy (non-hydrogen) atoms. The summed E-state index contributed by atoms with van der Waals surface area (Å²) in [6.07, 6.45) is 3.64. The van der Waals surface area contributed by atoms with Crippen LogP contribution in [0.2, 0.25) is 0 Å². The Labute approximate surface area is 82.9 Å². The molecule has 0 aliphatic heterocycles. The van der Waals surface area contributed by atoms with Crippen molar-refractivity contribution >= 4 is 11.3 Å². The second-order valence-electron chi connectivity index (χ2n) is 3.29. The topological polar surface area (TPSA) is 48.1 Å². The number of hydrogen-bond acceptors (Lipinski definition) is 4. The van der Waals surface area contributed by atoms with Gasteiger partial charge < -0.3 is 10.5 Å². The standard InChI is InChI=1S/C9H16N2OS/c1-3-9(10,6-12-2)4-8-5-11-7-13-8/h5,7H,3-4,6,10H2,1-2H3. The van der Waals surface area contributed by atoms with Crippen molar-refractivity contribution < 1.29 is 4.74 Å². The van der Waals surface area contributed by atoms with Gasteiger partial charge in [-0.2, -0.15) is 0 Å². The number of ether oxygens (including phenoxy) is 1. The monoisotopic (exact) mass is 200 g/mol. The molecule has 0 spiro atoms. The van der Waals surface area contributed by atoms with Gasteiger partial charge in [0.05, 0.1) is 12.1 Å². The lowest BCUT2D eigenvalue weighted by Gasteiger charge is -2.26. The summed E-state index contributed by atoms with van der Waals surface area (Å²) in [6, 6.07) is 0. The van der Waals surface area contributed by atoms with E-state index in [4.69, 9.17) is 10.5 Å². The number of aromatic nitrogens is 1. The van der Waals surface area contributed by atoms with Crippen molar-refractivity contribution in [2.75, 3.05) is 13.7 Å². The van der Waals surface area contributed by atoms with E-state index < -0.39 is 0 Å². The lowest BCUT2D eigenvalue weighted by atomic mass is 9.94. The van der Waals surface area contributed by atoms with Crippen LogP contribution in [0.3, 0.4) is 0 Å². The van der Waals surface area contributed by atoms with Crippen molar-refractivity contribution in [3.8, 4) is 0 Å². The largest absolute Gasteiger partial charge is 0.383 e. The predicted octanol–water partition coefficient (Wildman–Crippen LogP) is 1.44. The highest BCUT2D eigenvalue weighted by Crippen LogP contribution is 2.17. The molecule has 74 valence electrons. The first kappa shape index (κ1) is 10.6. The fraction of sp³-hybridized carbons (Fsp3) is 0.667. The molecule has 3 nitrogen and oxygen atoms in total. The molecular formula is C9H16N2OS. The quantitative estimate of drug-likeness (QED) is 0.782. The van der Waals surface area contributed by atoms with Gasteiger partial charge in [0, 0.05) is 30.1 Å². The second kappa shape index (κ2) is 4.69. The first-order valence-electron chi connectivity index (χ1n) is 4.35. The smallest absolute Gasteiger partial charge is 0.0794 e. The van der Waals surface area contributed by atoms with Crippen molar-refractivity contribution in [1.29, 1.82) is 0 Å². The molecule has 4 heteroatoms. The van der Waals surface area contributed by atoms with Gasteiger partial charge in [-0.15, -0.1) is 11.3 Å². The SMILES string of the molecule is CCC(N)(COC)Cc1cncs1. The maximum atomic E-state index is 6.15. The van der Waals surface area contributed by atoms with E-state index >= 15 is 0 Å². The Kier molecular flexibility index (Phi) is 3.84. The van der Waals surface area contributed by atoms with Gasteiger partial charge in [-0.25, -0.2) is 0 Å². The molecule has 1 unspecified atom stereocenters. The molecule has 1 atom stereocenters. The summed E-state index contributed by atoms with van der Waals surface area (Å²) in [7, 11) is 1.68. The molecule has 1 heterocycles. The Morgan fingerprint density at radius 3 is 2.92 bits per heavy atom. The summed E-state index contributed by atoms with van der Waals surface area (Å²) in [6.45, 7) is 2.68. The number of thiazole rings is 1. The molecule has 0 fully saturated rings. The third-order valence-electron chi connectivity index (χ3n) is 2.15. The van der Waals surface area contributed by atoms with Crippen molar-refractivity contribution in [3.05, 3.63) is 16.6 Å². The van der Waals surface area contributed by atoms with Crippen LogP contribution in [0.15, 0.2) is 11.7 Å². The molecule has 0 amide bonds. The van der Waals surface area contributed by atoms with Crippen LogP contribution in [0.5, 0.6) is 0 Å². The van der Waals surface area contributed by atoms with Crippen LogP contribution >= 0.6 is 11.3 Å². The van der Waals surface area contributed by atoms with E-state index in [9.17, 15) is 0 Å². The first-order chi connectivity index (χ1) is 6.20. The first-order valence-corrected chi connectivity index (χ1v) is 5.23. The van der Waals surface area contributed by atoms with Crippen molar-refractivity contribution in [2.24, 2.45) is 5.73 Å². The molecule has 1 aromatic rings. The number of rotatable bonds is 5. The van der Waals surface area contributed by atoms with Crippen LogP contribution in [0.4, 0.5) is 0 Å². The summed E-state index contributed by atoms with van der Waals surface area (Å²) >= 11 is 1.64. The van der Waals surface area contributed by atoms with Gasteiger partial charge >= 0.3 is 0 Å². The van der Waals surface area contributed by atoms with Crippen LogP contribution < -0.4 is 5.73 Å². The number of nitrogens with two attached hydrogens (primary N) is 1. The average Bonchev–Trinajstić information content (AvgIpc) is 2.57. The number of hydrogen-bond donors (Lipinski definition) is 1. The summed E-state index contributed by atoms with van der Waals surface area (Å²) in [5, 5.41) is 0. The fourth-order valence-corrected chi connectivity index (χ4v) is 1.99. The molecule has 0 saturated carbocycles. The van der Waals surface area contributed by atoms with Gasteiger partial charge in [-0.3, -0.25) is 4.98 Å². The van der Waals surface area contributed by atoms with Crippen LogP contribution in [0.1, 0.15) is 18.2 Å². The van der Waals surface area contributed by atoms with E-state index in [0.717, 1.165) is 12.8 Å². The van der Waals surface area contributed by atoms with Crippen LogP contribution in [0, 0.1) is 0 Å². The number of methoxy groups -OCH3 is 1. The highest BCUT2D eigenvalue weighted by molar-refractivity contribution is 7.09. The van der Waals surface area contributed by atoms with Crippen molar-refractivity contribution in [1.82, 2.24) is 4.98 Å². The molecule has 0 bridgehead atoms. The zero-order valence-corrected chi connectivity index (χ0v) is 8.93. The van der Waals surface area contributed by atoms with E-state index in [2.05, 4.69) is 11.9 Å². The molecule has 0 saturated heterocycles. The molecular weight excluding hydrogens is 184 g/mol. The van der Waals surface area contributed by atoms with E-state index in [1.165, 1.54) is 4.88 Å². The van der Waals surface area contributed by atoms with E-state index in [0.29, 0.717) is 6.61 Å². The maximum Gasteiger partial charge on any atom is 0.0794 e. The molecule has 0 aliphatic rings. The van der Waals surface area contributed by atoms with Crippen LogP contribution in [-0.4, -0.2) is 24.2 Å². The van der Waals surface area contributed by atoms with Crippen molar-refractivity contribution in [3.63, 3.8) is 0 Å². The zero-order valence-electron chi connectivity index (χ0n) is 8.12. The lowest BCUT2D eigenvalue weighted by Crippen LogP contribution is -2.45. The van der Waals surface area contributed by atoms with E-state index in [-0.39, 0.29) is 5.54 Å². The molecule has 1 aromatic heterocycles. The average molecular weight is 200 g/mol. The minimum Gasteiger partial charge on any atom is -0.383 e. The molecule has 0 radical (unpaired) electrons. The normalized spacial score (nSPS) is 15.6. The third kappa shape index (κ3) is 3.06. The molecule has 2 N–H and O–H groups in total. The Morgan fingerprint density at radius 1 is 1.69 bits per heavy atom. The molecule has 0 aromatic carbocycles. The third-order valence-corrected chi connectivity index (χ3v) is 2.93. The van der Waals surface area contributed by atoms with Gasteiger partial charge in [0.1, 0.15) is 0 Å². The maximum absolute atomic E-state index is 6.15. The van der Waals surface area contributed by atoms with Gasteiger partial charge in [0.15, 0.2) is 0 Å². The predicted molar refractivity (Wildman–Crippen MR) is 54.9 cm³/mol. The zero-order chi connectivity index (χ0) is 9.73. The van der Waals surface area contributed by atoms with Crippen molar-refractivity contribution in [2.45, 2.75) is 25.3 Å². The summed E-state index contributed by atoms with van der Waals surface area (Å²) < 4.78 is 5.11. The highest BCUT2D eigenvalue weighted by Gasteiger charge is 2.23. The highest BCUT2D eigenvalue weighted by atomic mass is 32.1. The van der Waals surface area contributed by atoms with E-state index in [1.807, 2.05) is 11.7 Å². The van der Waals surface area contributed by atoms with Gasteiger partial charge in [-0.1, -0.05) is 6.92 Å². The minimum absolute atomic E-state index is 0.235. The molecule has 1 rings (SSSR count). The summed E-state index contributed by atoms with van der Waals surface area (Å²) in [5.74, 6) is 0. The summed E-state index contributed by atoms with van der Waals surface area (Å²) in [4.78, 5) is 5.25. The Hall–Kier alpha value is -0.450. The van der Waals surface area contributed by atoms with Crippen LogP contribution in [0.25, 0.3) is 0 Å². The van der Waals surface area contributed by atoms with E-state index in [1.54, 1.807) is 18.4 Å². The minimum atomic E-state index is -0.235. The Morgan fingerprint density at radius 2 is 2.46 bits per heavy atom. The molecule has 0 aliphatic carbocycles. The summed E-state index contributed by atoms with van der Waals surface area (Å²) in [5.41, 5.74) is 7.75. The van der Waals surface area contributed by atoms with Gasteiger partial charge in [0.25, 0.3) is 0 Å².